The third kappa shape index (κ3) is 4.25. The number of methoxy groups -OCH3 is 1. The Morgan fingerprint density at radius 3 is 2.48 bits per heavy atom. The van der Waals surface area contributed by atoms with E-state index in [0.717, 1.165) is 0 Å². The number of carbonyl (C=O) groups is 1. The topological polar surface area (TPSA) is 59.0 Å². The number of nitrogens with zero attached hydrogens (tertiary/aromatic N) is 1. The van der Waals surface area contributed by atoms with Crippen molar-refractivity contribution in [2.75, 3.05) is 20.2 Å². The van der Waals surface area contributed by atoms with E-state index >= 15 is 0 Å². The number of aliphatic hydroxyl groups excluding tert-OH is 1. The maximum atomic E-state index is 12.2. The van der Waals surface area contributed by atoms with Crippen molar-refractivity contribution in [2.24, 2.45) is 0 Å². The molecular formula is C15H22ClNO4. The SMILES string of the molecule is CCN(CC)C(=O)C(C)Oc1c(Cl)cc(CO)cc1OC. The summed E-state index contributed by atoms with van der Waals surface area (Å²) in [5.41, 5.74) is 0.618. The zero-order chi connectivity index (χ0) is 16.0. The molecule has 0 heterocycles. The predicted octanol–water partition coefficient (Wildman–Crippen LogP) is 2.48. The average Bonchev–Trinajstić information content (AvgIpc) is 2.49. The first-order valence-corrected chi connectivity index (χ1v) is 7.28. The van der Waals surface area contributed by atoms with Crippen LogP contribution in [-0.4, -0.2) is 42.2 Å². The second kappa shape index (κ2) is 8.10. The lowest BCUT2D eigenvalue weighted by atomic mass is 10.2. The van der Waals surface area contributed by atoms with Gasteiger partial charge in [-0.2, -0.15) is 0 Å². The first-order chi connectivity index (χ1) is 9.98. The number of halogens is 1. The molecule has 1 aromatic carbocycles. The zero-order valence-corrected chi connectivity index (χ0v) is 13.6. The van der Waals surface area contributed by atoms with Crippen molar-refractivity contribution in [3.63, 3.8) is 0 Å². The van der Waals surface area contributed by atoms with E-state index in [-0.39, 0.29) is 12.5 Å². The van der Waals surface area contributed by atoms with Crippen molar-refractivity contribution in [3.8, 4) is 11.5 Å². The fourth-order valence-corrected chi connectivity index (χ4v) is 2.28. The Hall–Kier alpha value is -1.46. The second-order valence-electron chi connectivity index (χ2n) is 4.54. The minimum Gasteiger partial charge on any atom is -0.493 e. The number of ether oxygens (including phenoxy) is 2. The standard InChI is InChI=1S/C15H22ClNO4/c1-5-17(6-2)15(19)10(3)21-14-12(16)7-11(9-18)8-13(14)20-4/h7-8,10,18H,5-6,9H2,1-4H3. The minimum atomic E-state index is -0.670. The van der Waals surface area contributed by atoms with Crippen LogP contribution in [0, 0.1) is 0 Å². The number of carbonyl (C=O) groups excluding carboxylic acids is 1. The summed E-state index contributed by atoms with van der Waals surface area (Å²) in [6.07, 6.45) is -0.670. The Bertz CT molecular complexity index is 489. The van der Waals surface area contributed by atoms with Gasteiger partial charge in [-0.25, -0.2) is 0 Å². The van der Waals surface area contributed by atoms with Crippen LogP contribution in [0.25, 0.3) is 0 Å². The van der Waals surface area contributed by atoms with Gasteiger partial charge < -0.3 is 19.5 Å². The Labute approximate surface area is 130 Å². The highest BCUT2D eigenvalue weighted by Gasteiger charge is 2.23. The summed E-state index contributed by atoms with van der Waals surface area (Å²) in [5, 5.41) is 9.47. The van der Waals surface area contributed by atoms with E-state index in [1.165, 1.54) is 7.11 Å². The summed E-state index contributed by atoms with van der Waals surface area (Å²) in [6, 6.07) is 3.23. The monoisotopic (exact) mass is 315 g/mol. The molecule has 6 heteroatoms. The van der Waals surface area contributed by atoms with Crippen molar-refractivity contribution in [1.82, 2.24) is 4.90 Å². The summed E-state index contributed by atoms with van der Waals surface area (Å²) in [7, 11) is 1.48. The van der Waals surface area contributed by atoms with E-state index in [4.69, 9.17) is 26.2 Å². The Balaban J connectivity index is 2.99. The molecule has 21 heavy (non-hydrogen) atoms. The Kier molecular flexibility index (Phi) is 6.78. The molecule has 0 aliphatic rings. The third-order valence-electron chi connectivity index (χ3n) is 3.19. The first kappa shape index (κ1) is 17.6. The Morgan fingerprint density at radius 1 is 1.38 bits per heavy atom. The number of benzene rings is 1. The van der Waals surface area contributed by atoms with E-state index in [1.54, 1.807) is 24.0 Å². The maximum Gasteiger partial charge on any atom is 0.263 e. The van der Waals surface area contributed by atoms with Crippen LogP contribution in [-0.2, 0) is 11.4 Å². The fourth-order valence-electron chi connectivity index (χ4n) is 2.00. The normalized spacial score (nSPS) is 11.9. The van der Waals surface area contributed by atoms with Crippen molar-refractivity contribution < 1.29 is 19.4 Å². The van der Waals surface area contributed by atoms with Crippen molar-refractivity contribution in [1.29, 1.82) is 0 Å². The number of amides is 1. The molecule has 0 saturated heterocycles. The smallest absolute Gasteiger partial charge is 0.263 e. The number of hydrogen-bond acceptors (Lipinski definition) is 4. The van der Waals surface area contributed by atoms with Gasteiger partial charge in [-0.05, 0) is 38.5 Å². The van der Waals surface area contributed by atoms with Crippen LogP contribution < -0.4 is 9.47 Å². The molecule has 5 nitrogen and oxygen atoms in total. The van der Waals surface area contributed by atoms with Crippen molar-refractivity contribution in [2.45, 2.75) is 33.5 Å². The lowest BCUT2D eigenvalue weighted by molar-refractivity contribution is -0.137. The van der Waals surface area contributed by atoms with E-state index in [2.05, 4.69) is 0 Å². The van der Waals surface area contributed by atoms with Crippen LogP contribution in [0.1, 0.15) is 26.3 Å². The van der Waals surface area contributed by atoms with Gasteiger partial charge in [0.2, 0.25) is 0 Å². The highest BCUT2D eigenvalue weighted by molar-refractivity contribution is 6.32. The number of rotatable bonds is 7. The number of hydrogen-bond donors (Lipinski definition) is 1. The molecule has 0 aliphatic heterocycles. The summed E-state index contributed by atoms with van der Waals surface area (Å²) >= 11 is 6.15. The van der Waals surface area contributed by atoms with Gasteiger partial charge in [0.05, 0.1) is 18.7 Å². The molecule has 0 radical (unpaired) electrons. The maximum absolute atomic E-state index is 12.2. The van der Waals surface area contributed by atoms with Gasteiger partial charge in [0.1, 0.15) is 0 Å². The fraction of sp³-hybridized carbons (Fsp3) is 0.533. The van der Waals surface area contributed by atoms with Crippen LogP contribution in [0.15, 0.2) is 12.1 Å². The summed E-state index contributed by atoms with van der Waals surface area (Å²) in [5.74, 6) is 0.597. The van der Waals surface area contributed by atoms with Crippen LogP contribution in [0.4, 0.5) is 0 Å². The van der Waals surface area contributed by atoms with Crippen LogP contribution >= 0.6 is 11.6 Å². The van der Waals surface area contributed by atoms with Gasteiger partial charge in [-0.15, -0.1) is 0 Å². The van der Waals surface area contributed by atoms with Gasteiger partial charge in [-0.3, -0.25) is 4.79 Å². The zero-order valence-electron chi connectivity index (χ0n) is 12.9. The highest BCUT2D eigenvalue weighted by atomic mass is 35.5. The molecule has 0 fully saturated rings. The molecule has 1 N–H and O–H groups in total. The molecule has 118 valence electrons. The lowest BCUT2D eigenvalue weighted by Gasteiger charge is -2.24. The molecule has 0 spiro atoms. The van der Waals surface area contributed by atoms with Crippen molar-refractivity contribution in [3.05, 3.63) is 22.7 Å². The van der Waals surface area contributed by atoms with E-state index in [1.807, 2.05) is 13.8 Å². The van der Waals surface area contributed by atoms with E-state index in [9.17, 15) is 4.79 Å². The minimum absolute atomic E-state index is 0.107. The summed E-state index contributed by atoms with van der Waals surface area (Å²) < 4.78 is 10.9. The largest absolute Gasteiger partial charge is 0.493 e. The summed E-state index contributed by atoms with van der Waals surface area (Å²) in [6.45, 7) is 6.60. The molecule has 1 aromatic rings. The van der Waals surface area contributed by atoms with Gasteiger partial charge in [0, 0.05) is 13.1 Å². The molecule has 1 unspecified atom stereocenters. The van der Waals surface area contributed by atoms with Crippen LogP contribution in [0.2, 0.25) is 5.02 Å². The van der Waals surface area contributed by atoms with E-state index in [0.29, 0.717) is 35.2 Å². The van der Waals surface area contributed by atoms with Gasteiger partial charge in [0.25, 0.3) is 5.91 Å². The molecular weight excluding hydrogens is 294 g/mol. The third-order valence-corrected chi connectivity index (χ3v) is 3.47. The number of likely N-dealkylation sites (N-methyl/N-ethyl adjacent to an activating group) is 1. The van der Waals surface area contributed by atoms with Crippen LogP contribution in [0.5, 0.6) is 11.5 Å². The van der Waals surface area contributed by atoms with Gasteiger partial charge in [0.15, 0.2) is 17.6 Å². The highest BCUT2D eigenvalue weighted by Crippen LogP contribution is 2.37. The predicted molar refractivity (Wildman–Crippen MR) is 81.9 cm³/mol. The molecule has 0 aromatic heterocycles. The molecule has 0 saturated carbocycles. The molecule has 0 aliphatic carbocycles. The molecule has 1 rings (SSSR count). The molecule has 1 amide bonds. The first-order valence-electron chi connectivity index (χ1n) is 6.91. The van der Waals surface area contributed by atoms with Crippen LogP contribution in [0.3, 0.4) is 0 Å². The van der Waals surface area contributed by atoms with E-state index < -0.39 is 6.10 Å². The quantitative estimate of drug-likeness (QED) is 0.840. The van der Waals surface area contributed by atoms with Gasteiger partial charge in [-0.1, -0.05) is 11.6 Å². The van der Waals surface area contributed by atoms with Gasteiger partial charge >= 0.3 is 0 Å². The molecule has 1 atom stereocenters. The molecule has 0 bridgehead atoms. The Morgan fingerprint density at radius 2 is 2.00 bits per heavy atom. The summed E-state index contributed by atoms with van der Waals surface area (Å²) in [4.78, 5) is 13.9. The lowest BCUT2D eigenvalue weighted by Crippen LogP contribution is -2.40. The number of aliphatic hydroxyl groups is 1. The average molecular weight is 316 g/mol. The van der Waals surface area contributed by atoms with Crippen molar-refractivity contribution >= 4 is 17.5 Å². The second-order valence-corrected chi connectivity index (χ2v) is 4.94.